The van der Waals surface area contributed by atoms with Gasteiger partial charge < -0.3 is 0 Å². The highest BCUT2D eigenvalue weighted by Gasteiger charge is 2.34. The van der Waals surface area contributed by atoms with Crippen LogP contribution in [0.5, 0.6) is 0 Å². The topological polar surface area (TPSA) is 0 Å². The molecule has 3 saturated carbocycles. The molecule has 3 aliphatic rings. The molecule has 27 heavy (non-hydrogen) atoms. The third-order valence-corrected chi connectivity index (χ3v) is 8.70. The predicted molar refractivity (Wildman–Crippen MR) is 111 cm³/mol. The van der Waals surface area contributed by atoms with Crippen LogP contribution in [0, 0.1) is 35.5 Å². The molecule has 0 N–H and O–H groups in total. The van der Waals surface area contributed by atoms with Crippen molar-refractivity contribution in [3.05, 3.63) is 0 Å². The van der Waals surface area contributed by atoms with Gasteiger partial charge in [0.2, 0.25) is 0 Å². The minimum atomic E-state index is -0.130. The van der Waals surface area contributed by atoms with Gasteiger partial charge in [-0.3, -0.25) is 8.78 Å². The van der Waals surface area contributed by atoms with Gasteiger partial charge in [0.1, 0.15) is 0 Å². The second-order valence-corrected chi connectivity index (χ2v) is 10.3. The second-order valence-electron chi connectivity index (χ2n) is 10.3. The van der Waals surface area contributed by atoms with E-state index in [1.807, 2.05) is 0 Å². The van der Waals surface area contributed by atoms with E-state index in [9.17, 15) is 8.78 Å². The fourth-order valence-electron chi connectivity index (χ4n) is 6.84. The summed E-state index contributed by atoms with van der Waals surface area (Å²) in [5.41, 5.74) is 0. The third-order valence-electron chi connectivity index (χ3n) is 8.70. The summed E-state index contributed by atoms with van der Waals surface area (Å²) in [5, 5.41) is 0. The number of hydrogen-bond acceptors (Lipinski definition) is 0. The summed E-state index contributed by atoms with van der Waals surface area (Å²) in [7, 11) is 0. The normalized spacial score (nSPS) is 38.0. The zero-order valence-electron chi connectivity index (χ0n) is 17.7. The molecular formula is C25H44F2. The molecule has 0 aliphatic heterocycles. The van der Waals surface area contributed by atoms with Gasteiger partial charge in [-0.05, 0) is 99.7 Å². The minimum absolute atomic E-state index is 0.111. The van der Waals surface area contributed by atoms with Crippen LogP contribution >= 0.6 is 0 Å². The van der Waals surface area contributed by atoms with Gasteiger partial charge in [0.15, 0.2) is 0 Å². The Morgan fingerprint density at radius 1 is 0.407 bits per heavy atom. The van der Waals surface area contributed by atoms with Crippen LogP contribution in [0.25, 0.3) is 0 Å². The van der Waals surface area contributed by atoms with Crippen molar-refractivity contribution in [2.75, 3.05) is 13.3 Å². The monoisotopic (exact) mass is 382 g/mol. The molecule has 0 amide bonds. The van der Waals surface area contributed by atoms with Crippen LogP contribution in [0.1, 0.15) is 109 Å². The first kappa shape index (κ1) is 21.6. The van der Waals surface area contributed by atoms with Gasteiger partial charge in [-0.2, -0.15) is 0 Å². The molecule has 0 radical (unpaired) electrons. The van der Waals surface area contributed by atoms with Gasteiger partial charge in [-0.15, -0.1) is 0 Å². The van der Waals surface area contributed by atoms with Gasteiger partial charge in [0.25, 0.3) is 0 Å². The lowest BCUT2D eigenvalue weighted by atomic mass is 9.64. The molecule has 0 aromatic heterocycles. The first-order valence-electron chi connectivity index (χ1n) is 12.4. The summed E-state index contributed by atoms with van der Waals surface area (Å²) in [4.78, 5) is 0. The van der Waals surface area contributed by atoms with Crippen LogP contribution < -0.4 is 0 Å². The van der Waals surface area contributed by atoms with Crippen molar-refractivity contribution in [2.24, 2.45) is 35.5 Å². The van der Waals surface area contributed by atoms with Crippen LogP contribution in [-0.4, -0.2) is 13.3 Å². The van der Waals surface area contributed by atoms with Crippen LogP contribution in [-0.2, 0) is 0 Å². The van der Waals surface area contributed by atoms with E-state index >= 15 is 0 Å². The standard InChI is InChI=1S/C25H44F2/c26-18-3-1-2-4-20-5-9-22(10-6-20)24-13-15-25(16-14-24)23-11-7-21(8-12-23)17-19-27/h20-25H,1-19H2. The molecule has 0 atom stereocenters. The molecule has 0 aromatic carbocycles. The van der Waals surface area contributed by atoms with Crippen LogP contribution in [0.15, 0.2) is 0 Å². The maximum absolute atomic E-state index is 12.6. The van der Waals surface area contributed by atoms with E-state index in [1.54, 1.807) is 0 Å². The summed E-state index contributed by atoms with van der Waals surface area (Å²) >= 11 is 0. The fourth-order valence-corrected chi connectivity index (χ4v) is 6.84. The van der Waals surface area contributed by atoms with Crippen molar-refractivity contribution in [2.45, 2.75) is 109 Å². The average Bonchev–Trinajstić information content (AvgIpc) is 2.73. The second kappa shape index (κ2) is 11.8. The summed E-state index contributed by atoms with van der Waals surface area (Å²) < 4.78 is 24.7. The van der Waals surface area contributed by atoms with E-state index in [2.05, 4.69) is 0 Å². The zero-order chi connectivity index (χ0) is 18.9. The lowest BCUT2D eigenvalue weighted by Gasteiger charge is -2.41. The highest BCUT2D eigenvalue weighted by atomic mass is 19.1. The Balaban J connectivity index is 1.30. The minimum Gasteiger partial charge on any atom is -0.251 e. The van der Waals surface area contributed by atoms with E-state index in [4.69, 9.17) is 0 Å². The SMILES string of the molecule is FCCCCCC1CCC(C2CCC(C3CCC(CCF)CC3)CC2)CC1. The first-order valence-corrected chi connectivity index (χ1v) is 12.4. The third kappa shape index (κ3) is 6.70. The molecule has 0 saturated heterocycles. The van der Waals surface area contributed by atoms with Crippen molar-refractivity contribution in [3.63, 3.8) is 0 Å². The van der Waals surface area contributed by atoms with Gasteiger partial charge in [0, 0.05) is 0 Å². The highest BCUT2D eigenvalue weighted by molar-refractivity contribution is 4.85. The summed E-state index contributed by atoms with van der Waals surface area (Å²) in [6, 6.07) is 0. The van der Waals surface area contributed by atoms with Crippen molar-refractivity contribution in [3.8, 4) is 0 Å². The molecule has 0 heterocycles. The Labute approximate surface area is 167 Å². The van der Waals surface area contributed by atoms with Gasteiger partial charge in [0.05, 0.1) is 13.3 Å². The summed E-state index contributed by atoms with van der Waals surface area (Å²) in [5.74, 6) is 5.60. The fraction of sp³-hybridized carbons (Fsp3) is 1.00. The Kier molecular flexibility index (Phi) is 9.40. The molecular weight excluding hydrogens is 338 g/mol. The highest BCUT2D eigenvalue weighted by Crippen LogP contribution is 2.46. The van der Waals surface area contributed by atoms with E-state index in [0.29, 0.717) is 5.92 Å². The smallest absolute Gasteiger partial charge is 0.0897 e. The van der Waals surface area contributed by atoms with E-state index in [1.165, 1.54) is 89.9 Å². The molecule has 0 nitrogen and oxygen atoms in total. The van der Waals surface area contributed by atoms with Gasteiger partial charge >= 0.3 is 0 Å². The van der Waals surface area contributed by atoms with E-state index in [-0.39, 0.29) is 13.3 Å². The van der Waals surface area contributed by atoms with Gasteiger partial charge in [-0.1, -0.05) is 44.9 Å². The maximum Gasteiger partial charge on any atom is 0.0897 e. The molecule has 2 heteroatoms. The number of rotatable bonds is 9. The van der Waals surface area contributed by atoms with E-state index < -0.39 is 0 Å². The molecule has 3 rings (SSSR count). The Morgan fingerprint density at radius 2 is 0.815 bits per heavy atom. The largest absolute Gasteiger partial charge is 0.251 e. The van der Waals surface area contributed by atoms with Gasteiger partial charge in [-0.25, -0.2) is 0 Å². The molecule has 3 fully saturated rings. The number of halogens is 2. The number of alkyl halides is 2. The number of unbranched alkanes of at least 4 members (excludes halogenated alkanes) is 2. The molecule has 0 spiro atoms. The Bertz CT molecular complexity index is 372. The van der Waals surface area contributed by atoms with E-state index in [0.717, 1.165) is 48.9 Å². The lowest BCUT2D eigenvalue weighted by Crippen LogP contribution is -2.29. The first-order chi connectivity index (χ1) is 13.3. The predicted octanol–water partition coefficient (Wildman–Crippen LogP) is 8.30. The summed E-state index contributed by atoms with van der Waals surface area (Å²) in [6.07, 6.45) is 22.4. The van der Waals surface area contributed by atoms with Crippen LogP contribution in [0.4, 0.5) is 8.78 Å². The average molecular weight is 383 g/mol. The van der Waals surface area contributed by atoms with Crippen molar-refractivity contribution >= 4 is 0 Å². The molecule has 0 bridgehead atoms. The van der Waals surface area contributed by atoms with Crippen LogP contribution in [0.3, 0.4) is 0 Å². The molecule has 158 valence electrons. The zero-order valence-corrected chi connectivity index (χ0v) is 17.7. The molecule has 3 aliphatic carbocycles. The lowest BCUT2D eigenvalue weighted by molar-refractivity contribution is 0.101. The van der Waals surface area contributed by atoms with Crippen LogP contribution in [0.2, 0.25) is 0 Å². The van der Waals surface area contributed by atoms with Crippen molar-refractivity contribution < 1.29 is 8.78 Å². The Morgan fingerprint density at radius 3 is 1.22 bits per heavy atom. The number of hydrogen-bond donors (Lipinski definition) is 0. The molecule has 0 aromatic rings. The van der Waals surface area contributed by atoms with Crippen molar-refractivity contribution in [1.29, 1.82) is 0 Å². The van der Waals surface area contributed by atoms with Crippen molar-refractivity contribution in [1.82, 2.24) is 0 Å². The maximum atomic E-state index is 12.6. The summed E-state index contributed by atoms with van der Waals surface area (Å²) in [6.45, 7) is -0.241. The molecule has 0 unspecified atom stereocenters. The quantitative estimate of drug-likeness (QED) is 0.352. The Hall–Kier alpha value is -0.140.